The number of nitrogens with one attached hydrogen (secondary N) is 2. The molecule has 2 aromatic rings. The molecule has 0 aliphatic carbocycles. The van der Waals surface area contributed by atoms with Gasteiger partial charge in [0.2, 0.25) is 5.91 Å². The van der Waals surface area contributed by atoms with Gasteiger partial charge in [-0.1, -0.05) is 20.3 Å². The van der Waals surface area contributed by atoms with E-state index >= 15 is 0 Å². The van der Waals surface area contributed by atoms with Crippen molar-refractivity contribution >= 4 is 40.8 Å². The molecule has 2 heterocycles. The van der Waals surface area contributed by atoms with Crippen LogP contribution in [0.3, 0.4) is 0 Å². The van der Waals surface area contributed by atoms with Crippen LogP contribution in [0.2, 0.25) is 0 Å². The first kappa shape index (κ1) is 20.1. The number of nitrogens with two attached hydrogens (primary N) is 1. The van der Waals surface area contributed by atoms with Crippen molar-refractivity contribution in [3.05, 3.63) is 23.3 Å². The van der Waals surface area contributed by atoms with Gasteiger partial charge in [0.1, 0.15) is 5.69 Å². The topological polar surface area (TPSA) is 110 Å². The number of hydrogen-bond donors (Lipinski definition) is 3. The van der Waals surface area contributed by atoms with E-state index in [2.05, 4.69) is 20.0 Å². The van der Waals surface area contributed by atoms with E-state index in [0.717, 1.165) is 12.0 Å². The molecule has 2 rings (SSSR count). The maximum atomic E-state index is 12.1. The molecule has 0 saturated carbocycles. The van der Waals surface area contributed by atoms with Crippen molar-refractivity contribution < 1.29 is 14.3 Å². The summed E-state index contributed by atoms with van der Waals surface area (Å²) < 4.78 is 4.64. The Morgan fingerprint density at radius 2 is 2.21 bits per heavy atom. The molecular formula is C15H21ClN4O3S. The second-order valence-corrected chi connectivity index (χ2v) is 6.09. The third kappa shape index (κ3) is 4.56. The van der Waals surface area contributed by atoms with Crippen LogP contribution in [0.1, 0.15) is 30.8 Å². The number of halogens is 1. The Bertz CT molecular complexity index is 700. The Labute approximate surface area is 150 Å². The summed E-state index contributed by atoms with van der Waals surface area (Å²) in [4.78, 5) is 30.7. The normalized spacial score (nSPS) is 12.8. The molecule has 24 heavy (non-hydrogen) atoms. The maximum absolute atomic E-state index is 12.1. The van der Waals surface area contributed by atoms with E-state index in [-0.39, 0.29) is 24.2 Å². The van der Waals surface area contributed by atoms with Crippen LogP contribution in [0, 0.1) is 5.92 Å². The molecule has 0 aliphatic heterocycles. The zero-order chi connectivity index (χ0) is 17.0. The predicted molar refractivity (Wildman–Crippen MR) is 96.5 cm³/mol. The molecule has 0 aliphatic rings. The molecule has 9 heteroatoms. The minimum absolute atomic E-state index is 0. The van der Waals surface area contributed by atoms with Gasteiger partial charge >= 0.3 is 5.97 Å². The van der Waals surface area contributed by atoms with Crippen LogP contribution < -0.4 is 11.1 Å². The Morgan fingerprint density at radius 3 is 2.83 bits per heavy atom. The Balaban J connectivity index is 0.00000288. The van der Waals surface area contributed by atoms with E-state index < -0.39 is 12.0 Å². The number of aromatic amines is 1. The second kappa shape index (κ2) is 8.81. The van der Waals surface area contributed by atoms with Crippen LogP contribution >= 0.6 is 23.7 Å². The van der Waals surface area contributed by atoms with Crippen LogP contribution in [-0.2, 0) is 9.53 Å². The summed E-state index contributed by atoms with van der Waals surface area (Å²) in [7, 11) is 1.32. The molecule has 2 atom stereocenters. The second-order valence-electron chi connectivity index (χ2n) is 5.23. The first-order chi connectivity index (χ1) is 11.0. The molecule has 132 valence electrons. The van der Waals surface area contributed by atoms with E-state index in [0.29, 0.717) is 16.5 Å². The van der Waals surface area contributed by atoms with Gasteiger partial charge in [0.15, 0.2) is 5.13 Å². The quantitative estimate of drug-likeness (QED) is 0.675. The van der Waals surface area contributed by atoms with Gasteiger partial charge in [-0.05, 0) is 12.0 Å². The Hall–Kier alpha value is -1.90. The van der Waals surface area contributed by atoms with Gasteiger partial charge in [-0.2, -0.15) is 0 Å². The molecular weight excluding hydrogens is 352 g/mol. The molecule has 0 bridgehead atoms. The fraction of sp³-hybridized carbons (Fsp3) is 0.400. The van der Waals surface area contributed by atoms with Gasteiger partial charge in [-0.25, -0.2) is 9.78 Å². The smallest absolute Gasteiger partial charge is 0.354 e. The number of nitrogens with zero attached hydrogens (tertiary/aromatic N) is 1. The summed E-state index contributed by atoms with van der Waals surface area (Å²) in [5.41, 5.74) is 7.65. The standard InChI is InChI=1S/C15H20N4O3S.ClH/c1-4-8(2)12(16)13(20)19-15-18-11(7-23-15)9-5-10(17-6-9)14(21)22-3;/h5-8,12,17H,4,16H2,1-3H3,(H,18,19,20);1H. The number of ether oxygens (including phenoxy) is 1. The summed E-state index contributed by atoms with van der Waals surface area (Å²) in [6, 6.07) is 1.09. The lowest BCUT2D eigenvalue weighted by atomic mass is 10.00. The number of anilines is 1. The number of amides is 1. The van der Waals surface area contributed by atoms with Crippen LogP contribution in [0.25, 0.3) is 11.3 Å². The number of aromatic nitrogens is 2. The van der Waals surface area contributed by atoms with E-state index in [1.165, 1.54) is 18.4 Å². The largest absolute Gasteiger partial charge is 0.464 e. The lowest BCUT2D eigenvalue weighted by molar-refractivity contribution is -0.118. The number of rotatable bonds is 6. The molecule has 0 spiro atoms. The van der Waals surface area contributed by atoms with Crippen molar-refractivity contribution in [2.24, 2.45) is 11.7 Å². The first-order valence-corrected chi connectivity index (χ1v) is 8.13. The van der Waals surface area contributed by atoms with Gasteiger partial charge in [0.05, 0.1) is 18.8 Å². The van der Waals surface area contributed by atoms with Crippen molar-refractivity contribution in [2.45, 2.75) is 26.3 Å². The van der Waals surface area contributed by atoms with Gasteiger partial charge < -0.3 is 20.8 Å². The molecule has 0 saturated heterocycles. The maximum Gasteiger partial charge on any atom is 0.354 e. The average molecular weight is 373 g/mol. The predicted octanol–water partition coefficient (Wildman–Crippen LogP) is 2.66. The minimum Gasteiger partial charge on any atom is -0.464 e. The third-order valence-corrected chi connectivity index (χ3v) is 4.44. The van der Waals surface area contributed by atoms with Gasteiger partial charge in [0, 0.05) is 17.1 Å². The summed E-state index contributed by atoms with van der Waals surface area (Å²) in [5, 5.41) is 5.01. The van der Waals surface area contributed by atoms with Crippen LogP contribution in [0.5, 0.6) is 0 Å². The Kier molecular flexibility index (Phi) is 7.40. The number of carbonyl (C=O) groups is 2. The summed E-state index contributed by atoms with van der Waals surface area (Å²) in [6.45, 7) is 3.93. The molecule has 0 radical (unpaired) electrons. The highest BCUT2D eigenvalue weighted by Gasteiger charge is 2.20. The number of carbonyl (C=O) groups excluding carboxylic acids is 2. The number of methoxy groups -OCH3 is 1. The van der Waals surface area contributed by atoms with E-state index in [1.807, 2.05) is 13.8 Å². The molecule has 4 N–H and O–H groups in total. The summed E-state index contributed by atoms with van der Waals surface area (Å²) in [5.74, 6) is -0.592. The molecule has 0 fully saturated rings. The van der Waals surface area contributed by atoms with Gasteiger partial charge in [-0.3, -0.25) is 4.79 Å². The van der Waals surface area contributed by atoms with Gasteiger partial charge in [-0.15, -0.1) is 23.7 Å². The highest BCUT2D eigenvalue weighted by Crippen LogP contribution is 2.26. The highest BCUT2D eigenvalue weighted by molar-refractivity contribution is 7.14. The van der Waals surface area contributed by atoms with Crippen LogP contribution in [-0.4, -0.2) is 35.0 Å². The lowest BCUT2D eigenvalue weighted by Crippen LogP contribution is -2.40. The SMILES string of the molecule is CCC(C)C(N)C(=O)Nc1nc(-c2c[nH]c(C(=O)OC)c2)cs1.Cl. The number of thiazole rings is 1. The minimum atomic E-state index is -0.564. The van der Waals surface area contributed by atoms with Crippen LogP contribution in [0.15, 0.2) is 17.6 Å². The van der Waals surface area contributed by atoms with E-state index in [9.17, 15) is 9.59 Å². The zero-order valence-electron chi connectivity index (χ0n) is 13.7. The van der Waals surface area contributed by atoms with E-state index in [1.54, 1.807) is 17.6 Å². The molecule has 2 unspecified atom stereocenters. The van der Waals surface area contributed by atoms with Crippen molar-refractivity contribution in [1.82, 2.24) is 9.97 Å². The monoisotopic (exact) mass is 372 g/mol. The number of hydrogen-bond acceptors (Lipinski definition) is 6. The fourth-order valence-electron chi connectivity index (χ4n) is 1.93. The lowest BCUT2D eigenvalue weighted by Gasteiger charge is -2.16. The average Bonchev–Trinajstić information content (AvgIpc) is 3.21. The molecule has 2 aromatic heterocycles. The van der Waals surface area contributed by atoms with Crippen molar-refractivity contribution in [2.75, 3.05) is 12.4 Å². The number of H-pyrrole nitrogens is 1. The highest BCUT2D eigenvalue weighted by atomic mass is 35.5. The molecule has 0 aromatic carbocycles. The van der Waals surface area contributed by atoms with Crippen molar-refractivity contribution in [3.63, 3.8) is 0 Å². The zero-order valence-corrected chi connectivity index (χ0v) is 15.3. The first-order valence-electron chi connectivity index (χ1n) is 7.25. The summed E-state index contributed by atoms with van der Waals surface area (Å²) in [6.07, 6.45) is 2.50. The fourth-order valence-corrected chi connectivity index (χ4v) is 2.66. The summed E-state index contributed by atoms with van der Waals surface area (Å²) >= 11 is 1.30. The van der Waals surface area contributed by atoms with Gasteiger partial charge in [0.25, 0.3) is 0 Å². The molecule has 1 amide bonds. The Morgan fingerprint density at radius 1 is 1.50 bits per heavy atom. The van der Waals surface area contributed by atoms with Crippen molar-refractivity contribution in [3.8, 4) is 11.3 Å². The van der Waals surface area contributed by atoms with Crippen molar-refractivity contribution in [1.29, 1.82) is 0 Å². The van der Waals surface area contributed by atoms with E-state index in [4.69, 9.17) is 5.73 Å². The number of esters is 1. The van der Waals surface area contributed by atoms with Crippen LogP contribution in [0.4, 0.5) is 5.13 Å². The third-order valence-electron chi connectivity index (χ3n) is 3.68. The molecule has 7 nitrogen and oxygen atoms in total.